The molecule has 17 heavy (non-hydrogen) atoms. The predicted octanol–water partition coefficient (Wildman–Crippen LogP) is 5.69. The first-order valence-corrected chi connectivity index (χ1v) is 7.60. The molecule has 0 saturated heterocycles. The number of rotatable bonds is 6. The van der Waals surface area contributed by atoms with Crippen LogP contribution in [0.25, 0.3) is 0 Å². The second kappa shape index (κ2) is 6.61. The lowest BCUT2D eigenvalue weighted by Crippen LogP contribution is -2.40. The van der Waals surface area contributed by atoms with Gasteiger partial charge in [-0.25, -0.2) is 0 Å². The smallest absolute Gasteiger partial charge is 0.0317 e. The van der Waals surface area contributed by atoms with E-state index in [0.717, 1.165) is 29.6 Å². The van der Waals surface area contributed by atoms with Gasteiger partial charge in [0, 0.05) is 0 Å². The zero-order valence-electron chi connectivity index (χ0n) is 12.8. The average molecular weight is 236 g/mol. The van der Waals surface area contributed by atoms with Crippen molar-refractivity contribution in [3.05, 3.63) is 11.6 Å². The van der Waals surface area contributed by atoms with Crippen LogP contribution in [0.3, 0.4) is 0 Å². The second-order valence-corrected chi connectivity index (χ2v) is 6.66. The molecule has 5 atom stereocenters. The highest BCUT2D eigenvalue weighted by Crippen LogP contribution is 2.48. The predicted molar refractivity (Wildman–Crippen MR) is 78.0 cm³/mol. The Morgan fingerprint density at radius 3 is 2.41 bits per heavy atom. The van der Waals surface area contributed by atoms with Gasteiger partial charge in [0.1, 0.15) is 0 Å². The van der Waals surface area contributed by atoms with Crippen LogP contribution < -0.4 is 0 Å². The monoisotopic (exact) mass is 236 g/mol. The summed E-state index contributed by atoms with van der Waals surface area (Å²) < 4.78 is 0. The fourth-order valence-corrected chi connectivity index (χ4v) is 3.46. The molecule has 0 heterocycles. The molecule has 0 nitrogen and oxygen atoms in total. The van der Waals surface area contributed by atoms with Crippen molar-refractivity contribution in [2.75, 3.05) is 0 Å². The van der Waals surface area contributed by atoms with Crippen molar-refractivity contribution in [3.8, 4) is 0 Å². The third kappa shape index (κ3) is 3.86. The highest BCUT2D eigenvalue weighted by atomic mass is 14.5. The van der Waals surface area contributed by atoms with Crippen LogP contribution in [-0.2, 0) is 0 Å². The minimum atomic E-state index is 0.914. The molecule has 1 aliphatic carbocycles. The lowest BCUT2D eigenvalue weighted by molar-refractivity contribution is 0.0220. The molecular weight excluding hydrogens is 204 g/mol. The maximum Gasteiger partial charge on any atom is -0.0317 e. The van der Waals surface area contributed by atoms with E-state index in [1.54, 1.807) is 0 Å². The standard InChI is InChI=1S/C17H32/c1-7-8-13(4)14(5)17-11-16(15(17)6)10-9-12(2)3/h9,13-17H,7-8,10-11H2,1-6H3. The van der Waals surface area contributed by atoms with Crippen molar-refractivity contribution < 1.29 is 0 Å². The van der Waals surface area contributed by atoms with Crippen molar-refractivity contribution in [1.29, 1.82) is 0 Å². The van der Waals surface area contributed by atoms with Crippen LogP contribution in [0, 0.1) is 29.6 Å². The van der Waals surface area contributed by atoms with Gasteiger partial charge in [-0.1, -0.05) is 52.2 Å². The first kappa shape index (κ1) is 14.8. The van der Waals surface area contributed by atoms with Gasteiger partial charge in [0.15, 0.2) is 0 Å². The van der Waals surface area contributed by atoms with E-state index in [1.807, 2.05) is 0 Å². The Hall–Kier alpha value is -0.260. The van der Waals surface area contributed by atoms with Gasteiger partial charge >= 0.3 is 0 Å². The molecule has 100 valence electrons. The number of hydrogen-bond acceptors (Lipinski definition) is 0. The zero-order valence-corrected chi connectivity index (χ0v) is 12.8. The summed E-state index contributed by atoms with van der Waals surface area (Å²) in [4.78, 5) is 0. The molecule has 0 spiro atoms. The fourth-order valence-electron chi connectivity index (χ4n) is 3.46. The van der Waals surface area contributed by atoms with Crippen molar-refractivity contribution in [3.63, 3.8) is 0 Å². The highest BCUT2D eigenvalue weighted by molar-refractivity contribution is 4.99. The fraction of sp³-hybridized carbons (Fsp3) is 0.882. The Balaban J connectivity index is 2.38. The quantitative estimate of drug-likeness (QED) is 0.520. The van der Waals surface area contributed by atoms with Crippen molar-refractivity contribution in [2.24, 2.45) is 29.6 Å². The molecule has 0 aromatic rings. The summed E-state index contributed by atoms with van der Waals surface area (Å²) in [5.41, 5.74) is 1.48. The van der Waals surface area contributed by atoms with Crippen LogP contribution >= 0.6 is 0 Å². The van der Waals surface area contributed by atoms with Gasteiger partial charge in [-0.05, 0) is 56.3 Å². The molecule has 1 saturated carbocycles. The number of hydrogen-bond donors (Lipinski definition) is 0. The molecular formula is C17H32. The maximum atomic E-state index is 2.48. The molecule has 1 rings (SSSR count). The summed E-state index contributed by atoms with van der Waals surface area (Å²) in [6.45, 7) is 14.2. The topological polar surface area (TPSA) is 0 Å². The summed E-state index contributed by atoms with van der Waals surface area (Å²) in [5.74, 6) is 4.74. The molecule has 0 amide bonds. The second-order valence-electron chi connectivity index (χ2n) is 6.66. The first-order chi connectivity index (χ1) is 7.97. The van der Waals surface area contributed by atoms with E-state index in [4.69, 9.17) is 0 Å². The van der Waals surface area contributed by atoms with E-state index in [-0.39, 0.29) is 0 Å². The Morgan fingerprint density at radius 1 is 1.29 bits per heavy atom. The molecule has 1 aliphatic rings. The van der Waals surface area contributed by atoms with Crippen LogP contribution in [-0.4, -0.2) is 0 Å². The zero-order chi connectivity index (χ0) is 13.0. The van der Waals surface area contributed by atoms with E-state index in [1.165, 1.54) is 31.3 Å². The molecule has 0 N–H and O–H groups in total. The summed E-state index contributed by atoms with van der Waals surface area (Å²) in [7, 11) is 0. The molecule has 0 aliphatic heterocycles. The lowest BCUT2D eigenvalue weighted by atomic mass is 9.58. The van der Waals surface area contributed by atoms with Gasteiger partial charge in [-0.15, -0.1) is 0 Å². The molecule has 0 aromatic heterocycles. The van der Waals surface area contributed by atoms with Gasteiger partial charge < -0.3 is 0 Å². The molecule has 0 bridgehead atoms. The summed E-state index contributed by atoms with van der Waals surface area (Å²) in [5, 5.41) is 0. The van der Waals surface area contributed by atoms with E-state index in [0.29, 0.717) is 0 Å². The van der Waals surface area contributed by atoms with E-state index in [9.17, 15) is 0 Å². The highest BCUT2D eigenvalue weighted by Gasteiger charge is 2.40. The van der Waals surface area contributed by atoms with Gasteiger partial charge in [-0.2, -0.15) is 0 Å². The minimum Gasteiger partial charge on any atom is -0.0856 e. The molecule has 0 heteroatoms. The van der Waals surface area contributed by atoms with Crippen molar-refractivity contribution >= 4 is 0 Å². The summed E-state index contributed by atoms with van der Waals surface area (Å²) in [6, 6.07) is 0. The van der Waals surface area contributed by atoms with Crippen LogP contribution in [0.4, 0.5) is 0 Å². The van der Waals surface area contributed by atoms with Gasteiger partial charge in [0.2, 0.25) is 0 Å². The third-order valence-electron chi connectivity index (χ3n) is 5.14. The van der Waals surface area contributed by atoms with E-state index in [2.05, 4.69) is 47.6 Å². The molecule has 5 unspecified atom stereocenters. The normalized spacial score (nSPS) is 31.5. The molecule has 1 fully saturated rings. The third-order valence-corrected chi connectivity index (χ3v) is 5.14. The maximum absolute atomic E-state index is 2.48. The van der Waals surface area contributed by atoms with Gasteiger partial charge in [0.25, 0.3) is 0 Å². The molecule has 0 aromatic carbocycles. The van der Waals surface area contributed by atoms with Crippen LogP contribution in [0.1, 0.15) is 67.2 Å². The SMILES string of the molecule is CCCC(C)C(C)C1CC(CC=C(C)C)C1C. The summed E-state index contributed by atoms with van der Waals surface area (Å²) in [6.07, 6.45) is 7.96. The Morgan fingerprint density at radius 2 is 1.94 bits per heavy atom. The first-order valence-electron chi connectivity index (χ1n) is 7.60. The molecule has 0 radical (unpaired) electrons. The summed E-state index contributed by atoms with van der Waals surface area (Å²) >= 11 is 0. The van der Waals surface area contributed by atoms with Gasteiger partial charge in [0.05, 0.1) is 0 Å². The van der Waals surface area contributed by atoms with Crippen LogP contribution in [0.5, 0.6) is 0 Å². The van der Waals surface area contributed by atoms with Gasteiger partial charge in [-0.3, -0.25) is 0 Å². The number of allylic oxidation sites excluding steroid dienone is 2. The Bertz CT molecular complexity index is 247. The minimum absolute atomic E-state index is 0.914. The van der Waals surface area contributed by atoms with Crippen molar-refractivity contribution in [1.82, 2.24) is 0 Å². The largest absolute Gasteiger partial charge is 0.0856 e. The average Bonchev–Trinajstić information content (AvgIpc) is 2.26. The van der Waals surface area contributed by atoms with E-state index >= 15 is 0 Å². The Kier molecular flexibility index (Phi) is 5.76. The lowest BCUT2D eigenvalue weighted by Gasteiger charge is -2.47. The Labute approximate surface area is 109 Å². The van der Waals surface area contributed by atoms with Crippen molar-refractivity contribution in [2.45, 2.75) is 67.2 Å². The van der Waals surface area contributed by atoms with E-state index < -0.39 is 0 Å². The van der Waals surface area contributed by atoms with Crippen LogP contribution in [0.2, 0.25) is 0 Å². The van der Waals surface area contributed by atoms with Crippen LogP contribution in [0.15, 0.2) is 11.6 Å².